The fourth-order valence-corrected chi connectivity index (χ4v) is 0.969. The van der Waals surface area contributed by atoms with E-state index in [0.29, 0.717) is 5.69 Å². The van der Waals surface area contributed by atoms with Crippen molar-refractivity contribution in [2.24, 2.45) is 0 Å². The molecule has 12 heavy (non-hydrogen) atoms. The minimum Gasteiger partial charge on any atom is -0.478 e. The summed E-state index contributed by atoms with van der Waals surface area (Å²) in [6.07, 6.45) is 0. The van der Waals surface area contributed by atoms with Gasteiger partial charge in [-0.15, -0.1) is 0 Å². The van der Waals surface area contributed by atoms with Gasteiger partial charge in [-0.2, -0.15) is 0 Å². The van der Waals surface area contributed by atoms with Gasteiger partial charge in [0.15, 0.2) is 5.82 Å². The van der Waals surface area contributed by atoms with Gasteiger partial charge in [-0.3, -0.25) is 4.98 Å². The van der Waals surface area contributed by atoms with Crippen LogP contribution in [0.15, 0.2) is 6.07 Å². The topological polar surface area (TPSA) is 50.2 Å². The number of hydrogen-bond acceptors (Lipinski definition) is 2. The van der Waals surface area contributed by atoms with Gasteiger partial charge in [0.2, 0.25) is 0 Å². The van der Waals surface area contributed by atoms with Crippen LogP contribution >= 0.6 is 0 Å². The number of rotatable bonds is 1. The van der Waals surface area contributed by atoms with Gasteiger partial charge in [0.1, 0.15) is 0 Å². The van der Waals surface area contributed by atoms with Crippen LogP contribution in [0.5, 0.6) is 0 Å². The molecule has 0 unspecified atom stereocenters. The molecule has 0 saturated carbocycles. The fraction of sp³-hybridized carbons (Fsp3) is 0.250. The van der Waals surface area contributed by atoms with Crippen LogP contribution in [-0.2, 0) is 0 Å². The molecule has 1 heterocycles. The van der Waals surface area contributed by atoms with E-state index in [1.165, 1.54) is 13.0 Å². The highest BCUT2D eigenvalue weighted by Crippen LogP contribution is 2.11. The molecule has 0 spiro atoms. The van der Waals surface area contributed by atoms with Crippen LogP contribution in [0.1, 0.15) is 21.7 Å². The summed E-state index contributed by atoms with van der Waals surface area (Å²) in [6.45, 7) is 3.06. The van der Waals surface area contributed by atoms with Crippen molar-refractivity contribution in [2.45, 2.75) is 13.8 Å². The van der Waals surface area contributed by atoms with E-state index in [9.17, 15) is 9.18 Å². The molecule has 0 aliphatic carbocycles. The lowest BCUT2D eigenvalue weighted by atomic mass is 10.2. The SMILES string of the molecule is Cc1cc(C(=O)O)c(F)c(C)n1. The zero-order valence-corrected chi connectivity index (χ0v) is 6.76. The maximum absolute atomic E-state index is 13.0. The van der Waals surface area contributed by atoms with Crippen molar-refractivity contribution < 1.29 is 14.3 Å². The molecule has 1 rings (SSSR count). The van der Waals surface area contributed by atoms with E-state index >= 15 is 0 Å². The summed E-state index contributed by atoms with van der Waals surface area (Å²) in [5.41, 5.74) is 0.304. The molecule has 1 N–H and O–H groups in total. The molecule has 0 atom stereocenters. The zero-order valence-electron chi connectivity index (χ0n) is 6.76. The van der Waals surface area contributed by atoms with Crippen molar-refractivity contribution in [3.8, 4) is 0 Å². The molecular formula is C8H8FNO2. The van der Waals surface area contributed by atoms with Crippen LogP contribution in [0.25, 0.3) is 0 Å². The number of aromatic carboxylic acids is 1. The predicted molar refractivity (Wildman–Crippen MR) is 40.6 cm³/mol. The van der Waals surface area contributed by atoms with Crippen LogP contribution in [0, 0.1) is 19.7 Å². The summed E-state index contributed by atoms with van der Waals surface area (Å²) in [6, 6.07) is 1.21. The standard InChI is InChI=1S/C8H8FNO2/c1-4-3-6(8(11)12)7(9)5(2)10-4/h3H,1-2H3,(H,11,12). The second-order valence-corrected chi connectivity index (χ2v) is 2.52. The molecule has 0 bridgehead atoms. The first-order valence-corrected chi connectivity index (χ1v) is 3.39. The predicted octanol–water partition coefficient (Wildman–Crippen LogP) is 1.54. The monoisotopic (exact) mass is 169 g/mol. The van der Waals surface area contributed by atoms with Crippen molar-refractivity contribution >= 4 is 5.97 Å². The van der Waals surface area contributed by atoms with Gasteiger partial charge in [0.05, 0.1) is 11.3 Å². The minimum absolute atomic E-state index is 0.118. The molecule has 0 fully saturated rings. The Bertz CT molecular complexity index is 336. The lowest BCUT2D eigenvalue weighted by Gasteiger charge is -2.01. The van der Waals surface area contributed by atoms with Crippen LogP contribution in [-0.4, -0.2) is 16.1 Å². The Morgan fingerprint density at radius 2 is 2.17 bits per heavy atom. The number of aromatic nitrogens is 1. The second-order valence-electron chi connectivity index (χ2n) is 2.52. The van der Waals surface area contributed by atoms with Crippen molar-refractivity contribution in [1.29, 1.82) is 0 Å². The summed E-state index contributed by atoms with van der Waals surface area (Å²) in [5, 5.41) is 8.55. The number of hydrogen-bond donors (Lipinski definition) is 1. The van der Waals surface area contributed by atoms with Crippen LogP contribution in [0.4, 0.5) is 4.39 Å². The number of halogens is 1. The third kappa shape index (κ3) is 1.42. The third-order valence-electron chi connectivity index (χ3n) is 1.48. The molecule has 1 aromatic rings. The van der Waals surface area contributed by atoms with E-state index in [4.69, 9.17) is 5.11 Å². The van der Waals surface area contributed by atoms with Crippen molar-refractivity contribution in [2.75, 3.05) is 0 Å². The van der Waals surface area contributed by atoms with Crippen LogP contribution in [0.3, 0.4) is 0 Å². The zero-order chi connectivity index (χ0) is 9.30. The molecule has 64 valence electrons. The highest BCUT2D eigenvalue weighted by Gasteiger charge is 2.13. The molecule has 0 aliphatic heterocycles. The molecule has 0 aliphatic rings. The summed E-state index contributed by atoms with van der Waals surface area (Å²) < 4.78 is 13.0. The van der Waals surface area contributed by atoms with E-state index in [1.54, 1.807) is 6.92 Å². The largest absolute Gasteiger partial charge is 0.478 e. The second kappa shape index (κ2) is 2.89. The Labute approximate surface area is 68.9 Å². The molecule has 0 radical (unpaired) electrons. The Kier molecular flexibility index (Phi) is 2.08. The fourth-order valence-electron chi connectivity index (χ4n) is 0.969. The number of carbonyl (C=O) groups is 1. The summed E-state index contributed by atoms with van der Waals surface area (Å²) in [4.78, 5) is 14.2. The number of carboxylic acid groups (broad SMARTS) is 1. The summed E-state index contributed by atoms with van der Waals surface area (Å²) in [7, 11) is 0. The van der Waals surface area contributed by atoms with E-state index in [2.05, 4.69) is 4.98 Å². The molecule has 4 heteroatoms. The van der Waals surface area contributed by atoms with Crippen molar-refractivity contribution in [3.63, 3.8) is 0 Å². The molecule has 1 aromatic heterocycles. The minimum atomic E-state index is -1.26. The normalized spacial score (nSPS) is 9.92. The molecular weight excluding hydrogens is 161 g/mol. The van der Waals surface area contributed by atoms with Gasteiger partial charge in [-0.05, 0) is 19.9 Å². The molecule has 3 nitrogen and oxygen atoms in total. The van der Waals surface area contributed by atoms with Gasteiger partial charge in [-0.25, -0.2) is 9.18 Å². The maximum Gasteiger partial charge on any atom is 0.338 e. The number of pyridine rings is 1. The Hall–Kier alpha value is -1.45. The van der Waals surface area contributed by atoms with E-state index < -0.39 is 11.8 Å². The van der Waals surface area contributed by atoms with Crippen molar-refractivity contribution in [3.05, 3.63) is 28.8 Å². The first kappa shape index (κ1) is 8.64. The average molecular weight is 169 g/mol. The lowest BCUT2D eigenvalue weighted by Crippen LogP contribution is -2.05. The van der Waals surface area contributed by atoms with Gasteiger partial charge in [-0.1, -0.05) is 0 Å². The number of aryl methyl sites for hydroxylation is 2. The molecule has 0 saturated heterocycles. The summed E-state index contributed by atoms with van der Waals surface area (Å²) in [5.74, 6) is -2.02. The average Bonchev–Trinajstić information content (AvgIpc) is 1.96. The highest BCUT2D eigenvalue weighted by atomic mass is 19.1. The first-order valence-electron chi connectivity index (χ1n) is 3.39. The van der Waals surface area contributed by atoms with Crippen molar-refractivity contribution in [1.82, 2.24) is 4.98 Å². The smallest absolute Gasteiger partial charge is 0.338 e. The maximum atomic E-state index is 13.0. The first-order chi connectivity index (χ1) is 5.52. The Morgan fingerprint density at radius 3 is 2.67 bits per heavy atom. The third-order valence-corrected chi connectivity index (χ3v) is 1.48. The molecule has 0 aromatic carbocycles. The lowest BCUT2D eigenvalue weighted by molar-refractivity contribution is 0.0691. The van der Waals surface area contributed by atoms with E-state index in [-0.39, 0.29) is 11.3 Å². The number of carboxylic acids is 1. The Balaban J connectivity index is 3.37. The highest BCUT2D eigenvalue weighted by molar-refractivity contribution is 5.88. The molecule has 0 amide bonds. The van der Waals surface area contributed by atoms with Gasteiger partial charge in [0, 0.05) is 5.69 Å². The van der Waals surface area contributed by atoms with E-state index in [0.717, 1.165) is 0 Å². The van der Waals surface area contributed by atoms with E-state index in [1.807, 2.05) is 0 Å². The summed E-state index contributed by atoms with van der Waals surface area (Å²) >= 11 is 0. The van der Waals surface area contributed by atoms with Gasteiger partial charge >= 0.3 is 5.97 Å². The van der Waals surface area contributed by atoms with Gasteiger partial charge in [0.25, 0.3) is 0 Å². The number of nitrogens with zero attached hydrogens (tertiary/aromatic N) is 1. The van der Waals surface area contributed by atoms with Gasteiger partial charge < -0.3 is 5.11 Å². The van der Waals surface area contributed by atoms with Crippen LogP contribution < -0.4 is 0 Å². The quantitative estimate of drug-likeness (QED) is 0.693. The van der Waals surface area contributed by atoms with Crippen LogP contribution in [0.2, 0.25) is 0 Å². The Morgan fingerprint density at radius 1 is 1.58 bits per heavy atom.